The number of hydrogen-bond donors (Lipinski definition) is 0. The maximum Gasteiger partial charge on any atom is 0.159 e. The van der Waals surface area contributed by atoms with Gasteiger partial charge in [0.15, 0.2) is 5.82 Å². The largest absolute Gasteiger partial charge is 0.233 e. The first kappa shape index (κ1) is 16.1. The molecule has 3 aromatic rings. The van der Waals surface area contributed by atoms with Gasteiger partial charge in [0.05, 0.1) is 5.69 Å². The quantitative estimate of drug-likeness (QED) is 0.614. The van der Waals surface area contributed by atoms with Gasteiger partial charge in [0.2, 0.25) is 0 Å². The van der Waals surface area contributed by atoms with Gasteiger partial charge in [-0.05, 0) is 31.4 Å². The molecule has 0 amide bonds. The van der Waals surface area contributed by atoms with E-state index in [0.29, 0.717) is 0 Å². The summed E-state index contributed by atoms with van der Waals surface area (Å²) in [4.78, 5) is 9.60. The lowest BCUT2D eigenvalue weighted by Gasteiger charge is -2.13. The zero-order valence-corrected chi connectivity index (χ0v) is 14.3. The molecule has 0 aliphatic heterocycles. The molecule has 2 nitrogen and oxygen atoms in total. The fourth-order valence-corrected chi connectivity index (χ4v) is 2.83. The van der Waals surface area contributed by atoms with E-state index in [2.05, 4.69) is 56.8 Å². The lowest BCUT2D eigenvalue weighted by atomic mass is 10.0. The maximum atomic E-state index is 4.88. The number of rotatable bonds is 5. The van der Waals surface area contributed by atoms with Crippen LogP contribution in [0.2, 0.25) is 0 Å². The maximum absolute atomic E-state index is 4.88. The number of hydrogen-bond acceptors (Lipinski definition) is 2. The minimum atomic E-state index is 0.794. The van der Waals surface area contributed by atoms with Crippen LogP contribution in [0.1, 0.15) is 28.1 Å². The van der Waals surface area contributed by atoms with E-state index in [9.17, 15) is 0 Å². The summed E-state index contributed by atoms with van der Waals surface area (Å²) in [6, 6.07) is 18.8. The molecule has 3 rings (SSSR count). The summed E-state index contributed by atoms with van der Waals surface area (Å²) < 4.78 is 0. The van der Waals surface area contributed by atoms with Crippen LogP contribution in [0.25, 0.3) is 11.4 Å². The van der Waals surface area contributed by atoms with Crippen molar-refractivity contribution in [1.29, 1.82) is 0 Å². The summed E-state index contributed by atoms with van der Waals surface area (Å²) in [6.07, 6.45) is 3.53. The molecule has 1 aromatic heterocycles. The zero-order chi connectivity index (χ0) is 16.9. The van der Waals surface area contributed by atoms with Gasteiger partial charge in [0, 0.05) is 17.7 Å². The molecule has 120 valence electrons. The Morgan fingerprint density at radius 2 is 1.62 bits per heavy atom. The molecule has 0 aliphatic carbocycles. The van der Waals surface area contributed by atoms with E-state index in [1.165, 1.54) is 16.7 Å². The topological polar surface area (TPSA) is 25.8 Å². The molecule has 0 radical (unpaired) electrons. The average molecular weight is 314 g/mol. The van der Waals surface area contributed by atoms with Crippen molar-refractivity contribution in [3.8, 4) is 11.4 Å². The van der Waals surface area contributed by atoms with Gasteiger partial charge in [-0.25, -0.2) is 9.97 Å². The van der Waals surface area contributed by atoms with Crippen molar-refractivity contribution in [1.82, 2.24) is 9.97 Å². The number of benzene rings is 2. The molecular formula is C22H22N2. The first-order chi connectivity index (χ1) is 11.7. The van der Waals surface area contributed by atoms with Crippen molar-refractivity contribution in [2.45, 2.75) is 26.7 Å². The van der Waals surface area contributed by atoms with Crippen LogP contribution in [-0.2, 0) is 12.8 Å². The van der Waals surface area contributed by atoms with Crippen molar-refractivity contribution >= 4 is 0 Å². The van der Waals surface area contributed by atoms with Gasteiger partial charge in [-0.2, -0.15) is 0 Å². The Labute approximate surface area is 143 Å². The van der Waals surface area contributed by atoms with E-state index in [1.54, 1.807) is 0 Å². The van der Waals surface area contributed by atoms with E-state index in [4.69, 9.17) is 9.97 Å². The second kappa shape index (κ2) is 7.22. The van der Waals surface area contributed by atoms with Crippen molar-refractivity contribution in [2.24, 2.45) is 0 Å². The van der Waals surface area contributed by atoms with Gasteiger partial charge in [-0.3, -0.25) is 0 Å². The van der Waals surface area contributed by atoms with Gasteiger partial charge in [-0.1, -0.05) is 66.2 Å². The van der Waals surface area contributed by atoms with Crippen molar-refractivity contribution in [2.75, 3.05) is 0 Å². The minimum absolute atomic E-state index is 0.794. The lowest BCUT2D eigenvalue weighted by Crippen LogP contribution is -2.06. The van der Waals surface area contributed by atoms with E-state index >= 15 is 0 Å². The highest BCUT2D eigenvalue weighted by molar-refractivity contribution is 5.56. The Bertz CT molecular complexity index is 834. The van der Waals surface area contributed by atoms with Crippen molar-refractivity contribution < 1.29 is 0 Å². The fraction of sp³-hybridized carbons (Fsp3) is 0.182. The summed E-state index contributed by atoms with van der Waals surface area (Å²) in [7, 11) is 0. The Balaban J connectivity index is 2.05. The smallest absolute Gasteiger partial charge is 0.159 e. The molecule has 0 unspecified atom stereocenters. The van der Waals surface area contributed by atoms with Crippen LogP contribution in [0.3, 0.4) is 0 Å². The number of nitrogens with zero attached hydrogens (tertiary/aromatic N) is 2. The van der Waals surface area contributed by atoms with Crippen LogP contribution in [0.4, 0.5) is 0 Å². The third-order valence-corrected chi connectivity index (χ3v) is 4.17. The summed E-state index contributed by atoms with van der Waals surface area (Å²) in [5.74, 6) is 0.794. The van der Waals surface area contributed by atoms with Crippen LogP contribution in [0, 0.1) is 13.8 Å². The van der Waals surface area contributed by atoms with Crippen molar-refractivity contribution in [3.63, 3.8) is 0 Å². The normalized spacial score (nSPS) is 10.6. The summed E-state index contributed by atoms with van der Waals surface area (Å²) in [5, 5.41) is 0. The van der Waals surface area contributed by atoms with Crippen LogP contribution in [0.15, 0.2) is 67.3 Å². The summed E-state index contributed by atoms with van der Waals surface area (Å²) >= 11 is 0. The summed E-state index contributed by atoms with van der Waals surface area (Å²) in [5.41, 5.74) is 6.90. The van der Waals surface area contributed by atoms with Crippen LogP contribution < -0.4 is 0 Å². The van der Waals surface area contributed by atoms with E-state index in [1.807, 2.05) is 24.3 Å². The van der Waals surface area contributed by atoms with Gasteiger partial charge in [0.1, 0.15) is 0 Å². The van der Waals surface area contributed by atoms with Gasteiger partial charge >= 0.3 is 0 Å². The molecule has 0 saturated carbocycles. The molecule has 0 fully saturated rings. The second-order valence-corrected chi connectivity index (χ2v) is 6.08. The van der Waals surface area contributed by atoms with Crippen molar-refractivity contribution in [3.05, 3.63) is 95.3 Å². The molecule has 0 aliphatic rings. The highest BCUT2D eigenvalue weighted by atomic mass is 14.9. The third-order valence-electron chi connectivity index (χ3n) is 4.17. The Hall–Kier alpha value is -2.74. The number of allylic oxidation sites excluding steroid dienone is 1. The van der Waals surface area contributed by atoms with Gasteiger partial charge < -0.3 is 0 Å². The predicted molar refractivity (Wildman–Crippen MR) is 100 cm³/mol. The van der Waals surface area contributed by atoms with E-state index in [-0.39, 0.29) is 0 Å². The first-order valence-electron chi connectivity index (χ1n) is 8.25. The molecule has 0 saturated heterocycles. The molecule has 0 spiro atoms. The average Bonchev–Trinajstić information content (AvgIpc) is 2.60. The zero-order valence-electron chi connectivity index (χ0n) is 14.3. The second-order valence-electron chi connectivity index (χ2n) is 6.08. The highest BCUT2D eigenvalue weighted by Crippen LogP contribution is 2.22. The number of aryl methyl sites for hydroxylation is 2. The predicted octanol–water partition coefficient (Wildman–Crippen LogP) is 5.08. The third kappa shape index (κ3) is 3.60. The molecule has 1 heterocycles. The van der Waals surface area contributed by atoms with Crippen LogP contribution in [-0.4, -0.2) is 9.97 Å². The minimum Gasteiger partial charge on any atom is -0.233 e. The standard InChI is InChI=1S/C22H22N2/c1-4-8-20-17(3)23-22(19-9-6-5-7-10-19)24-21(20)15-18-13-11-16(2)12-14-18/h4-7,9-14H,1,8,15H2,2-3H3. The SMILES string of the molecule is C=CCc1c(C)nc(-c2ccccc2)nc1Cc1ccc(C)cc1. The Morgan fingerprint density at radius 3 is 2.29 bits per heavy atom. The monoisotopic (exact) mass is 314 g/mol. The molecular weight excluding hydrogens is 292 g/mol. The van der Waals surface area contributed by atoms with E-state index < -0.39 is 0 Å². The lowest BCUT2D eigenvalue weighted by molar-refractivity contribution is 0.949. The molecule has 0 atom stereocenters. The van der Waals surface area contributed by atoms with Crippen LogP contribution in [0.5, 0.6) is 0 Å². The number of aromatic nitrogens is 2. The highest BCUT2D eigenvalue weighted by Gasteiger charge is 2.12. The van der Waals surface area contributed by atoms with E-state index in [0.717, 1.165) is 35.6 Å². The van der Waals surface area contributed by atoms with Gasteiger partial charge in [0.25, 0.3) is 0 Å². The summed E-state index contributed by atoms with van der Waals surface area (Å²) in [6.45, 7) is 8.05. The molecule has 2 aromatic carbocycles. The Kier molecular flexibility index (Phi) is 4.85. The first-order valence-corrected chi connectivity index (χ1v) is 8.25. The molecule has 24 heavy (non-hydrogen) atoms. The molecule has 0 N–H and O–H groups in total. The Morgan fingerprint density at radius 1 is 0.917 bits per heavy atom. The van der Waals surface area contributed by atoms with Gasteiger partial charge in [-0.15, -0.1) is 6.58 Å². The molecule has 0 bridgehead atoms. The van der Waals surface area contributed by atoms with Crippen LogP contribution >= 0.6 is 0 Å². The molecule has 2 heteroatoms. The fourth-order valence-electron chi connectivity index (χ4n) is 2.83.